The van der Waals surface area contributed by atoms with Gasteiger partial charge in [0.15, 0.2) is 0 Å². The molecule has 3 rings (SSSR count). The van der Waals surface area contributed by atoms with Gasteiger partial charge in [0.05, 0.1) is 6.42 Å². The largest absolute Gasteiger partial charge is 0.350 e. The molecular formula is C13H11N3O2. The van der Waals surface area contributed by atoms with Crippen molar-refractivity contribution >= 4 is 28.4 Å². The molecule has 0 spiro atoms. The third-order valence-corrected chi connectivity index (χ3v) is 2.87. The highest BCUT2D eigenvalue weighted by Gasteiger charge is 2.29. The molecule has 0 radical (unpaired) electrons. The number of benzene rings is 1. The SMILES string of the molecule is CC1=NN(C(=O)c2cc3ccccc3[nH]2)C(=O)C1. The van der Waals surface area contributed by atoms with Crippen molar-refractivity contribution in [2.75, 3.05) is 0 Å². The Labute approximate surface area is 103 Å². The van der Waals surface area contributed by atoms with E-state index in [0.29, 0.717) is 11.4 Å². The predicted octanol–water partition coefficient (Wildman–Crippen LogP) is 1.92. The van der Waals surface area contributed by atoms with Gasteiger partial charge in [0.1, 0.15) is 5.69 Å². The zero-order valence-electron chi connectivity index (χ0n) is 9.80. The van der Waals surface area contributed by atoms with Crippen LogP contribution in [0.3, 0.4) is 0 Å². The lowest BCUT2D eigenvalue weighted by molar-refractivity contribution is -0.126. The number of fused-ring (bicyclic) bond motifs is 1. The smallest absolute Gasteiger partial charge is 0.297 e. The van der Waals surface area contributed by atoms with Crippen LogP contribution in [0.2, 0.25) is 0 Å². The maximum absolute atomic E-state index is 12.1. The van der Waals surface area contributed by atoms with Crippen LogP contribution in [-0.4, -0.2) is 27.5 Å². The second-order valence-electron chi connectivity index (χ2n) is 4.29. The Morgan fingerprint density at radius 2 is 2.17 bits per heavy atom. The monoisotopic (exact) mass is 241 g/mol. The molecule has 2 heterocycles. The number of rotatable bonds is 1. The lowest BCUT2D eigenvalue weighted by atomic mass is 10.2. The molecule has 1 aliphatic heterocycles. The van der Waals surface area contributed by atoms with Crippen molar-refractivity contribution in [3.8, 4) is 0 Å². The second kappa shape index (κ2) is 3.80. The number of carbonyl (C=O) groups excluding carboxylic acids is 2. The summed E-state index contributed by atoms with van der Waals surface area (Å²) in [6.07, 6.45) is 0.214. The number of aromatic amines is 1. The molecule has 0 bridgehead atoms. The van der Waals surface area contributed by atoms with Crippen LogP contribution in [0.15, 0.2) is 35.4 Å². The summed E-state index contributed by atoms with van der Waals surface area (Å²) in [5.41, 5.74) is 1.90. The molecule has 1 N–H and O–H groups in total. The van der Waals surface area contributed by atoms with Crippen LogP contribution < -0.4 is 0 Å². The molecule has 18 heavy (non-hydrogen) atoms. The number of amides is 2. The Morgan fingerprint density at radius 1 is 1.39 bits per heavy atom. The van der Waals surface area contributed by atoms with Crippen molar-refractivity contribution in [1.82, 2.24) is 9.99 Å². The molecule has 0 saturated carbocycles. The summed E-state index contributed by atoms with van der Waals surface area (Å²) in [6.45, 7) is 1.73. The van der Waals surface area contributed by atoms with Crippen LogP contribution in [0.5, 0.6) is 0 Å². The van der Waals surface area contributed by atoms with Crippen molar-refractivity contribution in [2.24, 2.45) is 5.10 Å². The number of para-hydroxylation sites is 1. The van der Waals surface area contributed by atoms with Gasteiger partial charge in [-0.1, -0.05) is 18.2 Å². The fourth-order valence-corrected chi connectivity index (χ4v) is 2.02. The highest BCUT2D eigenvalue weighted by molar-refractivity contribution is 6.14. The number of hydrogen-bond donors (Lipinski definition) is 1. The van der Waals surface area contributed by atoms with Gasteiger partial charge in [0.25, 0.3) is 11.8 Å². The van der Waals surface area contributed by atoms with E-state index < -0.39 is 5.91 Å². The molecule has 1 aromatic heterocycles. The predicted molar refractivity (Wildman–Crippen MR) is 67.2 cm³/mol. The van der Waals surface area contributed by atoms with E-state index in [0.717, 1.165) is 15.9 Å². The molecular weight excluding hydrogens is 230 g/mol. The van der Waals surface area contributed by atoms with Gasteiger partial charge in [-0.25, -0.2) is 0 Å². The normalized spacial score (nSPS) is 15.3. The van der Waals surface area contributed by atoms with E-state index in [1.807, 2.05) is 24.3 Å². The first kappa shape index (κ1) is 10.7. The summed E-state index contributed by atoms with van der Waals surface area (Å²) >= 11 is 0. The minimum atomic E-state index is -0.409. The average molecular weight is 241 g/mol. The molecule has 0 unspecified atom stereocenters. The Morgan fingerprint density at radius 3 is 2.83 bits per heavy atom. The molecule has 0 saturated heterocycles. The molecule has 1 aromatic carbocycles. The van der Waals surface area contributed by atoms with Crippen LogP contribution >= 0.6 is 0 Å². The van der Waals surface area contributed by atoms with Crippen molar-refractivity contribution in [1.29, 1.82) is 0 Å². The number of hydrogen-bond acceptors (Lipinski definition) is 3. The van der Waals surface area contributed by atoms with Crippen LogP contribution in [0.25, 0.3) is 10.9 Å². The number of nitrogens with one attached hydrogen (secondary N) is 1. The first-order chi connectivity index (χ1) is 8.65. The molecule has 90 valence electrons. The van der Waals surface area contributed by atoms with E-state index in [1.54, 1.807) is 13.0 Å². The fourth-order valence-electron chi connectivity index (χ4n) is 2.02. The minimum absolute atomic E-state index is 0.214. The van der Waals surface area contributed by atoms with Gasteiger partial charge in [-0.15, -0.1) is 0 Å². The number of nitrogens with zero attached hydrogens (tertiary/aromatic N) is 2. The van der Waals surface area contributed by atoms with E-state index in [-0.39, 0.29) is 12.3 Å². The number of hydrazone groups is 1. The quantitative estimate of drug-likeness (QED) is 0.775. The third kappa shape index (κ3) is 1.60. The standard InChI is InChI=1S/C13H11N3O2/c1-8-6-12(17)16(15-8)13(18)11-7-9-4-2-3-5-10(9)14-11/h2-5,7,14H,6H2,1H3. The molecule has 2 aromatic rings. The molecule has 1 aliphatic rings. The summed E-state index contributed by atoms with van der Waals surface area (Å²) in [5, 5.41) is 5.82. The Kier molecular flexibility index (Phi) is 2.26. The number of H-pyrrole nitrogens is 1. The van der Waals surface area contributed by atoms with Gasteiger partial charge >= 0.3 is 0 Å². The summed E-state index contributed by atoms with van der Waals surface area (Å²) in [5.74, 6) is -0.691. The lowest BCUT2D eigenvalue weighted by Gasteiger charge is -2.07. The second-order valence-corrected chi connectivity index (χ2v) is 4.29. The van der Waals surface area contributed by atoms with E-state index >= 15 is 0 Å². The maximum atomic E-state index is 12.1. The lowest BCUT2D eigenvalue weighted by Crippen LogP contribution is -2.28. The van der Waals surface area contributed by atoms with Crippen molar-refractivity contribution < 1.29 is 9.59 Å². The van der Waals surface area contributed by atoms with Gasteiger partial charge in [-0.2, -0.15) is 10.1 Å². The molecule has 0 aliphatic carbocycles. The van der Waals surface area contributed by atoms with Crippen LogP contribution in [0.4, 0.5) is 0 Å². The minimum Gasteiger partial charge on any atom is -0.350 e. The molecule has 2 amide bonds. The van der Waals surface area contributed by atoms with Crippen molar-refractivity contribution in [3.05, 3.63) is 36.0 Å². The van der Waals surface area contributed by atoms with E-state index in [2.05, 4.69) is 10.1 Å². The summed E-state index contributed by atoms with van der Waals surface area (Å²) < 4.78 is 0. The van der Waals surface area contributed by atoms with Gasteiger partial charge in [0, 0.05) is 16.6 Å². The number of carbonyl (C=O) groups is 2. The van der Waals surface area contributed by atoms with E-state index in [4.69, 9.17) is 0 Å². The van der Waals surface area contributed by atoms with Gasteiger partial charge in [-0.3, -0.25) is 9.59 Å². The Bertz CT molecular complexity index is 651. The van der Waals surface area contributed by atoms with Gasteiger partial charge in [0.2, 0.25) is 0 Å². The molecule has 0 atom stereocenters. The molecule has 5 heteroatoms. The third-order valence-electron chi connectivity index (χ3n) is 2.87. The van der Waals surface area contributed by atoms with Crippen molar-refractivity contribution in [2.45, 2.75) is 13.3 Å². The van der Waals surface area contributed by atoms with Crippen LogP contribution in [0, 0.1) is 0 Å². The first-order valence-electron chi connectivity index (χ1n) is 5.64. The summed E-state index contributed by atoms with van der Waals surface area (Å²) in [7, 11) is 0. The highest BCUT2D eigenvalue weighted by Crippen LogP contribution is 2.18. The van der Waals surface area contributed by atoms with E-state index in [1.165, 1.54) is 0 Å². The van der Waals surface area contributed by atoms with Crippen molar-refractivity contribution in [3.63, 3.8) is 0 Å². The Balaban J connectivity index is 1.99. The first-order valence-corrected chi connectivity index (χ1v) is 5.64. The zero-order valence-corrected chi connectivity index (χ0v) is 9.80. The van der Waals surface area contributed by atoms with Crippen LogP contribution in [0.1, 0.15) is 23.8 Å². The molecule has 5 nitrogen and oxygen atoms in total. The average Bonchev–Trinajstić information content (AvgIpc) is 2.91. The molecule has 0 fully saturated rings. The fraction of sp³-hybridized carbons (Fsp3) is 0.154. The van der Waals surface area contributed by atoms with Gasteiger partial charge < -0.3 is 4.98 Å². The topological polar surface area (TPSA) is 65.5 Å². The number of imide groups is 1. The zero-order chi connectivity index (χ0) is 12.7. The Hall–Kier alpha value is -2.43. The summed E-state index contributed by atoms with van der Waals surface area (Å²) in [6, 6.07) is 9.30. The maximum Gasteiger partial charge on any atom is 0.297 e. The number of aromatic nitrogens is 1. The van der Waals surface area contributed by atoms with E-state index in [9.17, 15) is 9.59 Å². The summed E-state index contributed by atoms with van der Waals surface area (Å²) in [4.78, 5) is 26.7. The van der Waals surface area contributed by atoms with Crippen LogP contribution in [-0.2, 0) is 4.79 Å². The highest BCUT2D eigenvalue weighted by atomic mass is 16.2. The van der Waals surface area contributed by atoms with Gasteiger partial charge in [-0.05, 0) is 19.1 Å².